The number of quaternary nitrogens is 1. The van der Waals surface area contributed by atoms with E-state index in [9.17, 15) is 19.0 Å². The van der Waals surface area contributed by atoms with Crippen molar-refractivity contribution in [3.8, 4) is 0 Å². The summed E-state index contributed by atoms with van der Waals surface area (Å²) in [5, 5.41) is 0. The number of likely N-dealkylation sites (N-methyl/N-ethyl adjacent to an activating group) is 1. The molecule has 0 amide bonds. The van der Waals surface area contributed by atoms with Gasteiger partial charge in [0.2, 0.25) is 0 Å². The van der Waals surface area contributed by atoms with Gasteiger partial charge in [0, 0.05) is 12.8 Å². The van der Waals surface area contributed by atoms with Crippen LogP contribution in [0.1, 0.15) is 322 Å². The summed E-state index contributed by atoms with van der Waals surface area (Å²) in [7, 11) is 1.48. The summed E-state index contributed by atoms with van der Waals surface area (Å²) in [5.41, 5.74) is 0. The number of carbonyl (C=O) groups is 2. The molecule has 0 rings (SSSR count). The average molecular weight is 1280 g/mol. The van der Waals surface area contributed by atoms with Crippen molar-refractivity contribution in [3.63, 3.8) is 0 Å². The molecule has 0 spiro atoms. The third-order valence-electron chi connectivity index (χ3n) is 16.0. The molecule has 0 aromatic carbocycles. The van der Waals surface area contributed by atoms with Crippen molar-refractivity contribution in [2.75, 3.05) is 47.5 Å². The van der Waals surface area contributed by atoms with E-state index in [1.54, 1.807) is 0 Å². The summed E-state index contributed by atoms with van der Waals surface area (Å²) in [6.45, 7) is 4.24. The van der Waals surface area contributed by atoms with Crippen molar-refractivity contribution in [3.05, 3.63) is 122 Å². The normalized spacial score (nSPS) is 13.8. The summed E-state index contributed by atoms with van der Waals surface area (Å²) < 4.78 is 34.8. The lowest BCUT2D eigenvalue weighted by Gasteiger charge is -2.24. The van der Waals surface area contributed by atoms with Crippen LogP contribution in [0.25, 0.3) is 0 Å². The van der Waals surface area contributed by atoms with Gasteiger partial charge in [0.15, 0.2) is 6.10 Å². The first-order valence-electron chi connectivity index (χ1n) is 37.3. The highest BCUT2D eigenvalue weighted by molar-refractivity contribution is 7.47. The molecule has 9 nitrogen and oxygen atoms in total. The molecule has 1 N–H and O–H groups in total. The molecule has 0 aliphatic carbocycles. The molecule has 0 saturated heterocycles. The molecule has 0 fully saturated rings. The monoisotopic (exact) mass is 1280 g/mol. The first kappa shape index (κ1) is 86.4. The zero-order chi connectivity index (χ0) is 65.5. The maximum Gasteiger partial charge on any atom is 0.472 e. The molecule has 0 aliphatic heterocycles. The molecule has 0 saturated carbocycles. The zero-order valence-corrected chi connectivity index (χ0v) is 60.0. The van der Waals surface area contributed by atoms with Crippen molar-refractivity contribution in [1.29, 1.82) is 0 Å². The average Bonchev–Trinajstić information content (AvgIpc) is 3.58. The number of allylic oxidation sites excluding steroid dienone is 20. The van der Waals surface area contributed by atoms with Crippen LogP contribution in [-0.4, -0.2) is 74.9 Å². The summed E-state index contributed by atoms with van der Waals surface area (Å²) in [4.78, 5) is 35.9. The van der Waals surface area contributed by atoms with Crippen molar-refractivity contribution in [2.24, 2.45) is 0 Å². The molecule has 0 aromatic rings. The number of phosphoric ester groups is 1. The van der Waals surface area contributed by atoms with Gasteiger partial charge in [-0.05, 0) is 103 Å². The highest BCUT2D eigenvalue weighted by atomic mass is 31.2. The van der Waals surface area contributed by atoms with Gasteiger partial charge in [0.25, 0.3) is 0 Å². The smallest absolute Gasteiger partial charge is 0.462 e. The van der Waals surface area contributed by atoms with E-state index in [1.807, 2.05) is 21.1 Å². The lowest BCUT2D eigenvalue weighted by molar-refractivity contribution is -0.870. The Labute approximate surface area is 556 Å². The number of ether oxygens (including phenoxy) is 2. The topological polar surface area (TPSA) is 108 Å². The standard InChI is InChI=1S/C80H140NO8P/c1-6-8-10-12-14-16-18-20-22-24-26-28-30-32-34-36-38-40-42-44-46-48-50-52-54-56-58-60-62-64-66-68-70-72-79(82)86-76-78(77-88-90(84,85)87-75-74-81(3,4)5)89-80(83)73-71-69-67-65-63-61-59-57-55-53-51-49-47-45-43-41-39-37-35-33-31-29-27-25-23-21-19-17-15-13-11-9-7-2/h8-11,14-17,20-23,26-29,33,35,39,41,78H,6-7,12-13,18-19,24-25,30-32,34,36-38,40,42-77H2,1-5H3/p+1/b10-8-,11-9-,16-14-,17-15-,22-20-,23-21-,28-26-,29-27-,35-33-,41-39-. The van der Waals surface area contributed by atoms with E-state index >= 15 is 0 Å². The van der Waals surface area contributed by atoms with Crippen LogP contribution in [0.4, 0.5) is 0 Å². The van der Waals surface area contributed by atoms with Gasteiger partial charge in [-0.25, -0.2) is 4.57 Å². The van der Waals surface area contributed by atoms with E-state index in [0.29, 0.717) is 17.4 Å². The number of unbranched alkanes of at least 4 members (excludes halogenated alkanes) is 34. The van der Waals surface area contributed by atoms with Gasteiger partial charge in [0.1, 0.15) is 19.8 Å². The first-order chi connectivity index (χ1) is 44.0. The van der Waals surface area contributed by atoms with Crippen LogP contribution >= 0.6 is 7.82 Å². The number of esters is 2. The van der Waals surface area contributed by atoms with Gasteiger partial charge in [0.05, 0.1) is 27.7 Å². The minimum atomic E-state index is -4.40. The maximum atomic E-state index is 12.9. The van der Waals surface area contributed by atoms with Crippen LogP contribution in [-0.2, 0) is 32.7 Å². The van der Waals surface area contributed by atoms with Crippen LogP contribution in [0.5, 0.6) is 0 Å². The number of carbonyl (C=O) groups excluding carboxylic acids is 2. The molecule has 0 radical (unpaired) electrons. The Balaban J connectivity index is 4.00. The summed E-state index contributed by atoms with van der Waals surface area (Å²) in [6.07, 6.45) is 100. The molecule has 0 aromatic heterocycles. The summed E-state index contributed by atoms with van der Waals surface area (Å²) >= 11 is 0. The van der Waals surface area contributed by atoms with Crippen LogP contribution < -0.4 is 0 Å². The first-order valence-corrected chi connectivity index (χ1v) is 38.8. The summed E-state index contributed by atoms with van der Waals surface area (Å²) in [5.74, 6) is -0.789. The second-order valence-electron chi connectivity index (χ2n) is 25.9. The second kappa shape index (κ2) is 69.7. The quantitative estimate of drug-likeness (QED) is 0.0211. The minimum Gasteiger partial charge on any atom is -0.462 e. The Kier molecular flexibility index (Phi) is 67.0. The van der Waals surface area contributed by atoms with Gasteiger partial charge >= 0.3 is 19.8 Å². The highest BCUT2D eigenvalue weighted by Crippen LogP contribution is 2.43. The molecule has 0 aliphatic rings. The fraction of sp³-hybridized carbons (Fsp3) is 0.725. The summed E-state index contributed by atoms with van der Waals surface area (Å²) in [6, 6.07) is 0. The van der Waals surface area contributed by atoms with E-state index in [2.05, 4.69) is 135 Å². The van der Waals surface area contributed by atoms with Gasteiger partial charge in [-0.1, -0.05) is 328 Å². The Morgan fingerprint density at radius 3 is 0.889 bits per heavy atom. The molecule has 0 bridgehead atoms. The van der Waals surface area contributed by atoms with Crippen LogP contribution in [0.3, 0.4) is 0 Å². The van der Waals surface area contributed by atoms with Gasteiger partial charge in [-0.3, -0.25) is 18.6 Å². The van der Waals surface area contributed by atoms with Crippen LogP contribution in [0.2, 0.25) is 0 Å². The Morgan fingerprint density at radius 2 is 0.600 bits per heavy atom. The van der Waals surface area contributed by atoms with Crippen LogP contribution in [0, 0.1) is 0 Å². The minimum absolute atomic E-state index is 0.0289. The lowest BCUT2D eigenvalue weighted by atomic mass is 10.0. The third kappa shape index (κ3) is 73.5. The fourth-order valence-corrected chi connectivity index (χ4v) is 11.1. The number of hydrogen-bond acceptors (Lipinski definition) is 7. The Hall–Kier alpha value is -3.59. The Morgan fingerprint density at radius 1 is 0.344 bits per heavy atom. The molecular weight excluding hydrogens is 1130 g/mol. The molecular formula is C80H141NO8P+. The molecule has 2 unspecified atom stereocenters. The molecule has 0 heterocycles. The SMILES string of the molecule is CC/C=C\C/C=C\C/C=C\C/C=C\C/C=C\C/C=C\CCCCCCCCCCCCCCCCC(=O)OC(COC(=O)CCCCCCCCCCCCCCCCCCCCCC/C=C\C/C=C\C/C=C\C/C=C\CC)COP(=O)(O)OCC[N+](C)(C)C. The maximum absolute atomic E-state index is 12.9. The number of phosphoric acid groups is 1. The number of nitrogens with zero attached hydrogens (tertiary/aromatic N) is 1. The fourth-order valence-electron chi connectivity index (χ4n) is 10.4. The zero-order valence-electron chi connectivity index (χ0n) is 59.1. The molecule has 10 heteroatoms. The Bertz CT molecular complexity index is 1940. The van der Waals surface area contributed by atoms with E-state index in [4.69, 9.17) is 18.5 Å². The molecule has 518 valence electrons. The largest absolute Gasteiger partial charge is 0.472 e. The predicted octanol–water partition coefficient (Wildman–Crippen LogP) is 24.6. The van der Waals surface area contributed by atoms with Gasteiger partial charge in [-0.2, -0.15) is 0 Å². The van der Waals surface area contributed by atoms with Crippen molar-refractivity contribution in [1.82, 2.24) is 0 Å². The van der Waals surface area contributed by atoms with Gasteiger partial charge < -0.3 is 18.9 Å². The van der Waals surface area contributed by atoms with Crippen molar-refractivity contribution in [2.45, 2.75) is 328 Å². The highest BCUT2D eigenvalue weighted by Gasteiger charge is 2.27. The van der Waals surface area contributed by atoms with E-state index in [0.717, 1.165) is 103 Å². The number of rotatable bonds is 68. The van der Waals surface area contributed by atoms with Crippen molar-refractivity contribution >= 4 is 19.8 Å². The van der Waals surface area contributed by atoms with Crippen LogP contribution in [0.15, 0.2) is 122 Å². The lowest BCUT2D eigenvalue weighted by Crippen LogP contribution is -2.37. The third-order valence-corrected chi connectivity index (χ3v) is 17.0. The van der Waals surface area contributed by atoms with E-state index < -0.39 is 26.5 Å². The second-order valence-corrected chi connectivity index (χ2v) is 27.4. The van der Waals surface area contributed by atoms with E-state index in [-0.39, 0.29) is 32.0 Å². The molecule has 90 heavy (non-hydrogen) atoms. The molecule has 2 atom stereocenters. The van der Waals surface area contributed by atoms with E-state index in [1.165, 1.54) is 186 Å². The number of hydrogen-bond donors (Lipinski definition) is 1. The van der Waals surface area contributed by atoms with Gasteiger partial charge in [-0.15, -0.1) is 0 Å². The van der Waals surface area contributed by atoms with Crippen molar-refractivity contribution < 1.29 is 42.1 Å². The predicted molar refractivity (Wildman–Crippen MR) is 390 cm³/mol.